The molecule has 0 saturated carbocycles. The van der Waals surface area contributed by atoms with Crippen LogP contribution in [0.4, 0.5) is 11.6 Å². The summed E-state index contributed by atoms with van der Waals surface area (Å²) in [5.74, 6) is 0.704. The van der Waals surface area contributed by atoms with Crippen molar-refractivity contribution in [1.29, 1.82) is 0 Å². The van der Waals surface area contributed by atoms with Crippen LogP contribution in [0.1, 0.15) is 25.5 Å². The molecule has 2 N–H and O–H groups in total. The zero-order chi connectivity index (χ0) is 13.8. The third kappa shape index (κ3) is 3.61. The Balaban J connectivity index is 2.29. The van der Waals surface area contributed by atoms with Crippen molar-refractivity contribution < 1.29 is 0 Å². The SMILES string of the molecule is CSc1cccc(Nc2nc(C(C)C)cc(=O)[nH]2)c1. The fourth-order valence-electron chi connectivity index (χ4n) is 1.67. The fourth-order valence-corrected chi connectivity index (χ4v) is 2.13. The average molecular weight is 275 g/mol. The van der Waals surface area contributed by atoms with Crippen LogP contribution in [0.3, 0.4) is 0 Å². The van der Waals surface area contributed by atoms with Crippen LogP contribution in [0.2, 0.25) is 0 Å². The fraction of sp³-hybridized carbons (Fsp3) is 0.286. The summed E-state index contributed by atoms with van der Waals surface area (Å²) in [5.41, 5.74) is 1.56. The number of aromatic nitrogens is 2. The molecule has 100 valence electrons. The Bertz CT molecular complexity index is 622. The van der Waals surface area contributed by atoms with E-state index < -0.39 is 0 Å². The number of anilines is 2. The number of hydrogen-bond acceptors (Lipinski definition) is 4. The monoisotopic (exact) mass is 275 g/mol. The molecule has 1 aromatic carbocycles. The van der Waals surface area contributed by atoms with Crippen molar-refractivity contribution in [3.8, 4) is 0 Å². The minimum absolute atomic E-state index is 0.137. The summed E-state index contributed by atoms with van der Waals surface area (Å²) in [7, 11) is 0. The molecule has 0 aliphatic heterocycles. The van der Waals surface area contributed by atoms with E-state index in [1.807, 2.05) is 44.4 Å². The van der Waals surface area contributed by atoms with E-state index in [0.29, 0.717) is 5.95 Å². The first-order valence-corrected chi connectivity index (χ1v) is 7.33. The molecule has 0 aliphatic carbocycles. The molecule has 2 aromatic rings. The first-order valence-electron chi connectivity index (χ1n) is 6.11. The number of H-pyrrole nitrogens is 1. The maximum atomic E-state index is 11.6. The van der Waals surface area contributed by atoms with Crippen molar-refractivity contribution in [3.63, 3.8) is 0 Å². The molecule has 0 saturated heterocycles. The lowest BCUT2D eigenvalue weighted by molar-refractivity contribution is 0.812. The van der Waals surface area contributed by atoms with Crippen LogP contribution in [-0.2, 0) is 0 Å². The lowest BCUT2D eigenvalue weighted by atomic mass is 10.1. The van der Waals surface area contributed by atoms with Gasteiger partial charge in [-0.3, -0.25) is 9.78 Å². The maximum absolute atomic E-state index is 11.6. The predicted molar refractivity (Wildman–Crippen MR) is 80.5 cm³/mol. The van der Waals surface area contributed by atoms with E-state index in [-0.39, 0.29) is 11.5 Å². The molecule has 0 aliphatic rings. The van der Waals surface area contributed by atoms with Gasteiger partial charge in [-0.2, -0.15) is 0 Å². The first-order chi connectivity index (χ1) is 9.08. The number of nitrogens with one attached hydrogen (secondary N) is 2. The normalized spacial score (nSPS) is 10.7. The molecule has 1 heterocycles. The van der Waals surface area contributed by atoms with Gasteiger partial charge in [0.05, 0.1) is 5.69 Å². The van der Waals surface area contributed by atoms with Crippen LogP contribution in [0.15, 0.2) is 40.0 Å². The highest BCUT2D eigenvalue weighted by molar-refractivity contribution is 7.98. The van der Waals surface area contributed by atoms with Gasteiger partial charge in [-0.25, -0.2) is 4.98 Å². The number of thioether (sulfide) groups is 1. The van der Waals surface area contributed by atoms with Gasteiger partial charge in [-0.05, 0) is 30.4 Å². The van der Waals surface area contributed by atoms with Gasteiger partial charge in [0.1, 0.15) is 0 Å². The van der Waals surface area contributed by atoms with Crippen LogP contribution < -0.4 is 10.9 Å². The largest absolute Gasteiger partial charge is 0.326 e. The van der Waals surface area contributed by atoms with Crippen molar-refractivity contribution in [2.45, 2.75) is 24.7 Å². The molecule has 19 heavy (non-hydrogen) atoms. The van der Waals surface area contributed by atoms with Gasteiger partial charge >= 0.3 is 0 Å². The highest BCUT2D eigenvalue weighted by Crippen LogP contribution is 2.21. The van der Waals surface area contributed by atoms with Crippen molar-refractivity contribution in [2.75, 3.05) is 11.6 Å². The highest BCUT2D eigenvalue weighted by Gasteiger charge is 2.05. The second-order valence-electron chi connectivity index (χ2n) is 4.53. The third-order valence-corrected chi connectivity index (χ3v) is 3.41. The summed E-state index contributed by atoms with van der Waals surface area (Å²) in [6, 6.07) is 9.51. The molecular formula is C14H17N3OS. The van der Waals surface area contributed by atoms with E-state index in [9.17, 15) is 4.79 Å². The molecule has 0 spiro atoms. The number of aromatic amines is 1. The van der Waals surface area contributed by atoms with Crippen molar-refractivity contribution in [2.24, 2.45) is 0 Å². The number of benzene rings is 1. The smallest absolute Gasteiger partial charge is 0.252 e. The van der Waals surface area contributed by atoms with E-state index in [0.717, 1.165) is 16.3 Å². The molecule has 5 heteroatoms. The van der Waals surface area contributed by atoms with Crippen LogP contribution in [0.5, 0.6) is 0 Å². The molecule has 1 aromatic heterocycles. The van der Waals surface area contributed by atoms with E-state index in [4.69, 9.17) is 0 Å². The summed E-state index contributed by atoms with van der Waals surface area (Å²) < 4.78 is 0. The van der Waals surface area contributed by atoms with Crippen molar-refractivity contribution in [1.82, 2.24) is 9.97 Å². The minimum atomic E-state index is -0.137. The molecule has 0 bridgehead atoms. The highest BCUT2D eigenvalue weighted by atomic mass is 32.2. The molecule has 4 nitrogen and oxygen atoms in total. The van der Waals surface area contributed by atoms with E-state index in [1.165, 1.54) is 6.07 Å². The predicted octanol–water partition coefficient (Wildman–Crippen LogP) is 3.36. The zero-order valence-corrected chi connectivity index (χ0v) is 12.0. The topological polar surface area (TPSA) is 57.8 Å². The molecule has 0 radical (unpaired) electrons. The van der Waals surface area contributed by atoms with Crippen LogP contribution in [-0.4, -0.2) is 16.2 Å². The van der Waals surface area contributed by atoms with E-state index in [2.05, 4.69) is 15.3 Å². The summed E-state index contributed by atoms with van der Waals surface area (Å²) in [6.07, 6.45) is 2.03. The molecule has 2 rings (SSSR count). The van der Waals surface area contributed by atoms with Gasteiger partial charge < -0.3 is 5.32 Å². The second-order valence-corrected chi connectivity index (χ2v) is 5.41. The van der Waals surface area contributed by atoms with E-state index in [1.54, 1.807) is 11.8 Å². The summed E-state index contributed by atoms with van der Waals surface area (Å²) >= 11 is 1.67. The van der Waals surface area contributed by atoms with Gasteiger partial charge in [0.2, 0.25) is 5.95 Å². The summed E-state index contributed by atoms with van der Waals surface area (Å²) in [5, 5.41) is 3.13. The zero-order valence-electron chi connectivity index (χ0n) is 11.2. The Morgan fingerprint density at radius 1 is 1.32 bits per heavy atom. The Morgan fingerprint density at radius 2 is 2.11 bits per heavy atom. The second kappa shape index (κ2) is 5.93. The number of nitrogens with zero attached hydrogens (tertiary/aromatic N) is 1. The minimum Gasteiger partial charge on any atom is -0.326 e. The Kier molecular flexibility index (Phi) is 4.27. The average Bonchev–Trinajstić information content (AvgIpc) is 2.38. The molecular weight excluding hydrogens is 258 g/mol. The van der Waals surface area contributed by atoms with Gasteiger partial charge in [-0.15, -0.1) is 11.8 Å². The third-order valence-electron chi connectivity index (χ3n) is 2.69. The number of rotatable bonds is 4. The lowest BCUT2D eigenvalue weighted by Crippen LogP contribution is -2.12. The molecule has 0 amide bonds. The Hall–Kier alpha value is -1.75. The van der Waals surface area contributed by atoms with Gasteiger partial charge in [0.25, 0.3) is 5.56 Å². The standard InChI is InChI=1S/C14H17N3OS/c1-9(2)12-8-13(18)17-14(16-12)15-10-5-4-6-11(7-10)19-3/h4-9H,1-3H3,(H2,15,16,17,18). The summed E-state index contributed by atoms with van der Waals surface area (Å²) in [6.45, 7) is 4.03. The quantitative estimate of drug-likeness (QED) is 0.840. The number of hydrogen-bond donors (Lipinski definition) is 2. The first kappa shape index (κ1) is 13.7. The van der Waals surface area contributed by atoms with Crippen molar-refractivity contribution >= 4 is 23.4 Å². The van der Waals surface area contributed by atoms with Crippen molar-refractivity contribution in [3.05, 3.63) is 46.4 Å². The molecule has 0 unspecified atom stereocenters. The van der Waals surface area contributed by atoms with E-state index >= 15 is 0 Å². The summed E-state index contributed by atoms with van der Waals surface area (Å²) in [4.78, 5) is 19.9. The van der Waals surface area contributed by atoms with Gasteiger partial charge in [-0.1, -0.05) is 19.9 Å². The lowest BCUT2D eigenvalue weighted by Gasteiger charge is -2.09. The molecule has 0 fully saturated rings. The Labute approximate surface area is 116 Å². The maximum Gasteiger partial charge on any atom is 0.252 e. The van der Waals surface area contributed by atoms with Crippen LogP contribution in [0.25, 0.3) is 0 Å². The van der Waals surface area contributed by atoms with Gasteiger partial charge in [0.15, 0.2) is 0 Å². The molecule has 0 atom stereocenters. The van der Waals surface area contributed by atoms with Crippen LogP contribution >= 0.6 is 11.8 Å². The van der Waals surface area contributed by atoms with Crippen LogP contribution in [0, 0.1) is 0 Å². The van der Waals surface area contributed by atoms with Gasteiger partial charge in [0, 0.05) is 16.6 Å². The Morgan fingerprint density at radius 3 is 2.79 bits per heavy atom.